The van der Waals surface area contributed by atoms with Gasteiger partial charge in [-0.1, -0.05) is 20.8 Å². The zero-order chi connectivity index (χ0) is 17.5. The number of carbonyl (C=O) groups is 1. The SMILES string of the molecule is Cc1nn(Cc2ncc(C(C)(C)C)o2)c(C)c1C1CCCC(=O)N1. The standard InChI is InChI=1S/C18H26N4O2/c1-11-17(13-7-6-8-15(23)20-13)12(2)22(21-11)10-16-19-9-14(24-16)18(3,4)5/h9,13H,6-8,10H2,1-5H3,(H,20,23). The van der Waals surface area contributed by atoms with Crippen LogP contribution in [0, 0.1) is 13.8 Å². The van der Waals surface area contributed by atoms with Crippen LogP contribution in [0.5, 0.6) is 0 Å². The minimum absolute atomic E-state index is 0.0577. The molecule has 3 heterocycles. The molecule has 0 radical (unpaired) electrons. The number of aryl methyl sites for hydroxylation is 1. The van der Waals surface area contributed by atoms with Gasteiger partial charge in [-0.3, -0.25) is 9.48 Å². The largest absolute Gasteiger partial charge is 0.443 e. The number of rotatable bonds is 3. The Bertz CT molecular complexity index is 752. The number of piperidine rings is 1. The Morgan fingerprint density at radius 3 is 2.75 bits per heavy atom. The maximum Gasteiger partial charge on any atom is 0.220 e. The van der Waals surface area contributed by atoms with Crippen LogP contribution in [-0.2, 0) is 16.8 Å². The summed E-state index contributed by atoms with van der Waals surface area (Å²) in [5, 5.41) is 7.73. The van der Waals surface area contributed by atoms with Gasteiger partial charge in [-0.25, -0.2) is 4.98 Å². The highest BCUT2D eigenvalue weighted by Crippen LogP contribution is 2.29. The summed E-state index contributed by atoms with van der Waals surface area (Å²) in [5.41, 5.74) is 3.10. The first-order chi connectivity index (χ1) is 11.3. The van der Waals surface area contributed by atoms with E-state index >= 15 is 0 Å². The first-order valence-electron chi connectivity index (χ1n) is 8.54. The molecule has 1 amide bonds. The normalized spacial score (nSPS) is 18.7. The van der Waals surface area contributed by atoms with Crippen LogP contribution in [0.15, 0.2) is 10.6 Å². The Kier molecular flexibility index (Phi) is 4.24. The molecule has 0 aliphatic carbocycles. The number of nitrogens with one attached hydrogen (secondary N) is 1. The first kappa shape index (κ1) is 16.7. The molecule has 3 rings (SSSR count). The third-order valence-corrected chi connectivity index (χ3v) is 4.60. The summed E-state index contributed by atoms with van der Waals surface area (Å²) in [6.45, 7) is 10.8. The predicted molar refractivity (Wildman–Crippen MR) is 90.7 cm³/mol. The summed E-state index contributed by atoms with van der Waals surface area (Å²) in [6.07, 6.45) is 4.31. The quantitative estimate of drug-likeness (QED) is 0.938. The van der Waals surface area contributed by atoms with Crippen molar-refractivity contribution in [1.29, 1.82) is 0 Å². The first-order valence-corrected chi connectivity index (χ1v) is 8.54. The van der Waals surface area contributed by atoms with Crippen LogP contribution in [0.3, 0.4) is 0 Å². The van der Waals surface area contributed by atoms with E-state index in [-0.39, 0.29) is 17.4 Å². The second-order valence-corrected chi connectivity index (χ2v) is 7.62. The fraction of sp³-hybridized carbons (Fsp3) is 0.611. The summed E-state index contributed by atoms with van der Waals surface area (Å²) in [7, 11) is 0. The molecule has 0 aromatic carbocycles. The monoisotopic (exact) mass is 330 g/mol. The number of nitrogens with zero attached hydrogens (tertiary/aromatic N) is 3. The van der Waals surface area contributed by atoms with Crippen molar-refractivity contribution in [3.63, 3.8) is 0 Å². The van der Waals surface area contributed by atoms with Gasteiger partial charge in [-0.2, -0.15) is 5.10 Å². The molecule has 6 heteroatoms. The Hall–Kier alpha value is -2.11. The predicted octanol–water partition coefficient (Wildman–Crippen LogP) is 3.17. The van der Waals surface area contributed by atoms with Crippen LogP contribution in [-0.4, -0.2) is 20.7 Å². The van der Waals surface area contributed by atoms with Crippen LogP contribution < -0.4 is 5.32 Å². The van der Waals surface area contributed by atoms with Crippen molar-refractivity contribution in [3.05, 3.63) is 34.8 Å². The number of oxazole rings is 1. The summed E-state index contributed by atoms with van der Waals surface area (Å²) in [6, 6.07) is 0.0645. The van der Waals surface area contributed by atoms with E-state index in [1.54, 1.807) is 6.20 Å². The maximum absolute atomic E-state index is 11.7. The number of amides is 1. The Balaban J connectivity index is 1.84. The fourth-order valence-electron chi connectivity index (χ4n) is 3.25. The molecule has 1 fully saturated rings. The third kappa shape index (κ3) is 3.23. The zero-order valence-electron chi connectivity index (χ0n) is 15.1. The minimum atomic E-state index is -0.0577. The molecule has 0 spiro atoms. The van der Waals surface area contributed by atoms with E-state index in [1.807, 2.05) is 18.5 Å². The molecule has 1 aliphatic rings. The average Bonchev–Trinajstić information content (AvgIpc) is 3.05. The maximum atomic E-state index is 11.7. The van der Waals surface area contributed by atoms with Gasteiger partial charge in [0.2, 0.25) is 11.8 Å². The van der Waals surface area contributed by atoms with Gasteiger partial charge in [0.1, 0.15) is 12.3 Å². The summed E-state index contributed by atoms with van der Waals surface area (Å²) in [5.74, 6) is 1.66. The molecule has 0 bridgehead atoms. The van der Waals surface area contributed by atoms with Gasteiger partial charge in [-0.05, 0) is 26.7 Å². The molecular weight excluding hydrogens is 304 g/mol. The average molecular weight is 330 g/mol. The van der Waals surface area contributed by atoms with Crippen LogP contribution in [0.1, 0.15) is 74.7 Å². The molecule has 2 aromatic rings. The molecule has 1 unspecified atom stereocenters. The highest BCUT2D eigenvalue weighted by Gasteiger charge is 2.26. The second kappa shape index (κ2) is 6.07. The smallest absolute Gasteiger partial charge is 0.220 e. The van der Waals surface area contributed by atoms with Crippen LogP contribution >= 0.6 is 0 Å². The third-order valence-electron chi connectivity index (χ3n) is 4.60. The van der Waals surface area contributed by atoms with Crippen molar-refractivity contribution in [2.24, 2.45) is 0 Å². The molecule has 1 aliphatic heterocycles. The van der Waals surface area contributed by atoms with E-state index in [4.69, 9.17) is 4.42 Å². The van der Waals surface area contributed by atoms with Crippen molar-refractivity contribution in [1.82, 2.24) is 20.1 Å². The highest BCUT2D eigenvalue weighted by atomic mass is 16.4. The van der Waals surface area contributed by atoms with Gasteiger partial charge >= 0.3 is 0 Å². The summed E-state index contributed by atoms with van der Waals surface area (Å²) >= 11 is 0. The lowest BCUT2D eigenvalue weighted by atomic mass is 9.94. The van der Waals surface area contributed by atoms with E-state index in [2.05, 4.69) is 36.2 Å². The van der Waals surface area contributed by atoms with E-state index in [1.165, 1.54) is 0 Å². The number of aromatic nitrogens is 3. The van der Waals surface area contributed by atoms with E-state index < -0.39 is 0 Å². The van der Waals surface area contributed by atoms with Crippen LogP contribution in [0.25, 0.3) is 0 Å². The zero-order valence-corrected chi connectivity index (χ0v) is 15.1. The Morgan fingerprint density at radius 2 is 2.12 bits per heavy atom. The number of carbonyl (C=O) groups excluding carboxylic acids is 1. The molecule has 130 valence electrons. The van der Waals surface area contributed by atoms with Crippen molar-refractivity contribution in [3.8, 4) is 0 Å². The summed E-state index contributed by atoms with van der Waals surface area (Å²) < 4.78 is 7.80. The van der Waals surface area contributed by atoms with Crippen molar-refractivity contribution in [2.75, 3.05) is 0 Å². The number of hydrogen-bond donors (Lipinski definition) is 1. The molecule has 1 N–H and O–H groups in total. The highest BCUT2D eigenvalue weighted by molar-refractivity contribution is 5.77. The molecule has 6 nitrogen and oxygen atoms in total. The lowest BCUT2D eigenvalue weighted by Gasteiger charge is -2.23. The van der Waals surface area contributed by atoms with Gasteiger partial charge in [0.15, 0.2) is 0 Å². The lowest BCUT2D eigenvalue weighted by molar-refractivity contribution is -0.123. The van der Waals surface area contributed by atoms with Gasteiger partial charge in [0, 0.05) is 23.1 Å². The molecule has 0 saturated carbocycles. The summed E-state index contributed by atoms with van der Waals surface area (Å²) in [4.78, 5) is 16.1. The topological polar surface area (TPSA) is 73.0 Å². The molecule has 1 saturated heterocycles. The minimum Gasteiger partial charge on any atom is -0.443 e. The Morgan fingerprint density at radius 1 is 1.38 bits per heavy atom. The second-order valence-electron chi connectivity index (χ2n) is 7.62. The van der Waals surface area contributed by atoms with Gasteiger partial charge in [0.25, 0.3) is 0 Å². The van der Waals surface area contributed by atoms with Crippen molar-refractivity contribution < 1.29 is 9.21 Å². The van der Waals surface area contributed by atoms with Gasteiger partial charge in [0.05, 0.1) is 17.9 Å². The number of hydrogen-bond acceptors (Lipinski definition) is 4. The molecule has 1 atom stereocenters. The van der Waals surface area contributed by atoms with Crippen LogP contribution in [0.2, 0.25) is 0 Å². The molecule has 2 aromatic heterocycles. The van der Waals surface area contributed by atoms with Gasteiger partial charge < -0.3 is 9.73 Å². The molecule has 24 heavy (non-hydrogen) atoms. The fourth-order valence-corrected chi connectivity index (χ4v) is 3.25. The Labute approximate surface area is 142 Å². The van der Waals surface area contributed by atoms with E-state index in [0.717, 1.165) is 35.6 Å². The van der Waals surface area contributed by atoms with Crippen molar-refractivity contribution >= 4 is 5.91 Å². The van der Waals surface area contributed by atoms with Crippen molar-refractivity contribution in [2.45, 2.75) is 71.9 Å². The van der Waals surface area contributed by atoms with E-state index in [9.17, 15) is 4.79 Å². The van der Waals surface area contributed by atoms with Gasteiger partial charge in [-0.15, -0.1) is 0 Å². The van der Waals surface area contributed by atoms with Crippen LogP contribution in [0.4, 0.5) is 0 Å². The van der Waals surface area contributed by atoms with E-state index in [0.29, 0.717) is 18.9 Å². The lowest BCUT2D eigenvalue weighted by Crippen LogP contribution is -2.33. The molecular formula is C18H26N4O2.